The van der Waals surface area contributed by atoms with Crippen molar-refractivity contribution in [2.75, 3.05) is 6.54 Å². The van der Waals surface area contributed by atoms with Gasteiger partial charge in [-0.05, 0) is 33.1 Å². The Labute approximate surface area is 85.5 Å². The van der Waals surface area contributed by atoms with E-state index < -0.39 is 5.60 Å². The number of hydrogen-bond acceptors (Lipinski definition) is 3. The minimum Gasteiger partial charge on any atom is -0.457 e. The van der Waals surface area contributed by atoms with E-state index in [1.54, 1.807) is 6.08 Å². The fourth-order valence-electron chi connectivity index (χ4n) is 1.41. The molecule has 1 N–H and O–H groups in total. The van der Waals surface area contributed by atoms with E-state index in [0.29, 0.717) is 5.92 Å². The van der Waals surface area contributed by atoms with Gasteiger partial charge in [-0.3, -0.25) is 0 Å². The van der Waals surface area contributed by atoms with Gasteiger partial charge in [0, 0.05) is 18.3 Å². The lowest BCUT2D eigenvalue weighted by Gasteiger charge is -2.18. The highest BCUT2D eigenvalue weighted by atomic mass is 16.6. The average Bonchev–Trinajstić information content (AvgIpc) is 2.32. The molecule has 0 aromatic heterocycles. The molecule has 1 fully saturated rings. The van der Waals surface area contributed by atoms with Crippen LogP contribution in [-0.4, -0.2) is 18.1 Å². The van der Waals surface area contributed by atoms with Crippen LogP contribution in [0.4, 0.5) is 0 Å². The van der Waals surface area contributed by atoms with Crippen molar-refractivity contribution < 1.29 is 9.53 Å². The van der Waals surface area contributed by atoms with Crippen molar-refractivity contribution in [1.29, 1.82) is 0 Å². The second kappa shape index (κ2) is 4.03. The molecule has 1 saturated heterocycles. The van der Waals surface area contributed by atoms with Gasteiger partial charge in [0.05, 0.1) is 0 Å². The SMILES string of the molecule is CC1CCN/C1=C/C(=O)OC(C)(C)C. The average molecular weight is 197 g/mol. The molecule has 0 saturated carbocycles. The Morgan fingerprint density at radius 3 is 2.64 bits per heavy atom. The number of rotatable bonds is 1. The Morgan fingerprint density at radius 1 is 1.57 bits per heavy atom. The quantitative estimate of drug-likeness (QED) is 0.515. The maximum atomic E-state index is 11.4. The van der Waals surface area contributed by atoms with E-state index in [1.807, 2.05) is 20.8 Å². The summed E-state index contributed by atoms with van der Waals surface area (Å²) >= 11 is 0. The van der Waals surface area contributed by atoms with Crippen molar-refractivity contribution in [2.24, 2.45) is 5.92 Å². The van der Waals surface area contributed by atoms with Gasteiger partial charge in [0.2, 0.25) is 0 Å². The van der Waals surface area contributed by atoms with E-state index >= 15 is 0 Å². The second-order valence-corrected chi connectivity index (χ2v) is 4.75. The summed E-state index contributed by atoms with van der Waals surface area (Å²) < 4.78 is 5.19. The van der Waals surface area contributed by atoms with E-state index in [-0.39, 0.29) is 5.97 Å². The summed E-state index contributed by atoms with van der Waals surface area (Å²) in [4.78, 5) is 11.4. The third-order valence-corrected chi connectivity index (χ3v) is 2.12. The van der Waals surface area contributed by atoms with Crippen LogP contribution in [0, 0.1) is 5.92 Å². The number of nitrogens with one attached hydrogen (secondary N) is 1. The highest BCUT2D eigenvalue weighted by Crippen LogP contribution is 2.18. The Balaban J connectivity index is 2.55. The van der Waals surface area contributed by atoms with Crippen LogP contribution < -0.4 is 5.32 Å². The Morgan fingerprint density at radius 2 is 2.21 bits per heavy atom. The van der Waals surface area contributed by atoms with Gasteiger partial charge in [-0.15, -0.1) is 0 Å². The van der Waals surface area contributed by atoms with Gasteiger partial charge < -0.3 is 10.1 Å². The first-order valence-corrected chi connectivity index (χ1v) is 5.07. The van der Waals surface area contributed by atoms with Crippen LogP contribution in [0.25, 0.3) is 0 Å². The molecule has 1 atom stereocenters. The summed E-state index contributed by atoms with van der Waals surface area (Å²) in [6.45, 7) is 8.67. The first-order chi connectivity index (χ1) is 6.38. The van der Waals surface area contributed by atoms with Crippen molar-refractivity contribution in [3.05, 3.63) is 11.8 Å². The van der Waals surface area contributed by atoms with Crippen LogP contribution in [0.5, 0.6) is 0 Å². The zero-order chi connectivity index (χ0) is 10.8. The molecule has 80 valence electrons. The molecular formula is C11H19NO2. The lowest BCUT2D eigenvalue weighted by molar-refractivity contribution is -0.148. The molecule has 14 heavy (non-hydrogen) atoms. The van der Waals surface area contributed by atoms with Crippen LogP contribution in [0.3, 0.4) is 0 Å². The van der Waals surface area contributed by atoms with Crippen molar-refractivity contribution in [3.8, 4) is 0 Å². The molecule has 0 aromatic carbocycles. The molecule has 0 bridgehead atoms. The zero-order valence-corrected chi connectivity index (χ0v) is 9.39. The van der Waals surface area contributed by atoms with Gasteiger partial charge >= 0.3 is 5.97 Å². The molecule has 0 spiro atoms. The number of carbonyl (C=O) groups is 1. The van der Waals surface area contributed by atoms with Gasteiger partial charge in [0.15, 0.2) is 0 Å². The molecule has 3 nitrogen and oxygen atoms in total. The highest BCUT2D eigenvalue weighted by Gasteiger charge is 2.19. The van der Waals surface area contributed by atoms with Crippen LogP contribution in [-0.2, 0) is 9.53 Å². The molecule has 3 heteroatoms. The topological polar surface area (TPSA) is 38.3 Å². The number of ether oxygens (including phenoxy) is 1. The highest BCUT2D eigenvalue weighted by molar-refractivity contribution is 5.83. The second-order valence-electron chi connectivity index (χ2n) is 4.75. The predicted molar refractivity (Wildman–Crippen MR) is 55.7 cm³/mol. The van der Waals surface area contributed by atoms with Crippen LogP contribution in [0.15, 0.2) is 11.8 Å². The molecule has 1 aliphatic rings. The van der Waals surface area contributed by atoms with E-state index in [2.05, 4.69) is 12.2 Å². The summed E-state index contributed by atoms with van der Waals surface area (Å²) in [6.07, 6.45) is 2.66. The van der Waals surface area contributed by atoms with E-state index in [0.717, 1.165) is 18.7 Å². The van der Waals surface area contributed by atoms with Gasteiger partial charge in [-0.25, -0.2) is 4.79 Å². The Bertz CT molecular complexity index is 251. The first kappa shape index (κ1) is 11.1. The lowest BCUT2D eigenvalue weighted by Crippen LogP contribution is -2.23. The van der Waals surface area contributed by atoms with Crippen molar-refractivity contribution in [2.45, 2.75) is 39.7 Å². The molecule has 0 aromatic rings. The maximum absolute atomic E-state index is 11.4. The van der Waals surface area contributed by atoms with Gasteiger partial charge in [0.1, 0.15) is 5.60 Å². The molecule has 0 aliphatic carbocycles. The van der Waals surface area contributed by atoms with E-state index in [9.17, 15) is 4.79 Å². The minimum atomic E-state index is -0.407. The summed E-state index contributed by atoms with van der Waals surface area (Å²) in [5, 5.41) is 3.18. The fourth-order valence-corrected chi connectivity index (χ4v) is 1.41. The van der Waals surface area contributed by atoms with Crippen molar-refractivity contribution >= 4 is 5.97 Å². The standard InChI is InChI=1S/C11H19NO2/c1-8-5-6-12-9(8)7-10(13)14-11(2,3)4/h7-8,12H,5-6H2,1-4H3/b9-7+. The largest absolute Gasteiger partial charge is 0.457 e. The van der Waals surface area contributed by atoms with Crippen molar-refractivity contribution in [3.63, 3.8) is 0 Å². The summed E-state index contributed by atoms with van der Waals surface area (Å²) in [6, 6.07) is 0. The third kappa shape index (κ3) is 3.40. The fraction of sp³-hybridized carbons (Fsp3) is 0.727. The molecular weight excluding hydrogens is 178 g/mol. The molecule has 0 amide bonds. The maximum Gasteiger partial charge on any atom is 0.333 e. The zero-order valence-electron chi connectivity index (χ0n) is 9.39. The molecule has 1 aliphatic heterocycles. The predicted octanol–water partition coefficient (Wildman–Crippen LogP) is 1.84. The lowest BCUT2D eigenvalue weighted by atomic mass is 10.1. The summed E-state index contributed by atoms with van der Waals surface area (Å²) in [5.74, 6) is 0.191. The molecule has 1 heterocycles. The minimum absolute atomic E-state index is 0.256. The van der Waals surface area contributed by atoms with Gasteiger partial charge in [0.25, 0.3) is 0 Å². The Hall–Kier alpha value is -0.990. The monoisotopic (exact) mass is 197 g/mol. The van der Waals surface area contributed by atoms with Crippen LogP contribution in [0.2, 0.25) is 0 Å². The summed E-state index contributed by atoms with van der Waals surface area (Å²) in [5.41, 5.74) is 0.593. The van der Waals surface area contributed by atoms with E-state index in [4.69, 9.17) is 4.74 Å². The first-order valence-electron chi connectivity index (χ1n) is 5.07. The van der Waals surface area contributed by atoms with E-state index in [1.165, 1.54) is 0 Å². The molecule has 0 radical (unpaired) electrons. The van der Waals surface area contributed by atoms with Crippen LogP contribution in [0.1, 0.15) is 34.1 Å². The number of carbonyl (C=O) groups excluding carboxylic acids is 1. The number of hydrogen-bond donors (Lipinski definition) is 1. The van der Waals surface area contributed by atoms with Crippen LogP contribution >= 0.6 is 0 Å². The normalized spacial score (nSPS) is 24.9. The Kier molecular flexibility index (Phi) is 3.19. The number of esters is 1. The molecule has 1 rings (SSSR count). The molecule has 1 unspecified atom stereocenters. The summed E-state index contributed by atoms with van der Waals surface area (Å²) in [7, 11) is 0. The van der Waals surface area contributed by atoms with Gasteiger partial charge in [-0.1, -0.05) is 6.92 Å². The smallest absolute Gasteiger partial charge is 0.333 e. The third-order valence-electron chi connectivity index (χ3n) is 2.12. The van der Waals surface area contributed by atoms with Gasteiger partial charge in [-0.2, -0.15) is 0 Å². The number of allylic oxidation sites excluding steroid dienone is 1. The van der Waals surface area contributed by atoms with Crippen molar-refractivity contribution in [1.82, 2.24) is 5.32 Å².